The monoisotopic (exact) mass is 457 g/mol. The molecule has 0 radical (unpaired) electrons. The van der Waals surface area contributed by atoms with E-state index in [0.29, 0.717) is 18.3 Å². The number of carbonyl (C=O) groups is 1. The van der Waals surface area contributed by atoms with Gasteiger partial charge in [0.2, 0.25) is 5.71 Å². The molecule has 1 aliphatic heterocycles. The van der Waals surface area contributed by atoms with E-state index in [1.807, 2.05) is 18.7 Å². The van der Waals surface area contributed by atoms with E-state index in [0.717, 1.165) is 45.3 Å². The number of alkyl halides is 1. The summed E-state index contributed by atoms with van der Waals surface area (Å²) < 4.78 is 16.5. The average Bonchev–Trinajstić information content (AvgIpc) is 3.04. The summed E-state index contributed by atoms with van der Waals surface area (Å²) in [7, 11) is 2.04. The minimum Gasteiger partial charge on any atom is -0.300 e. The van der Waals surface area contributed by atoms with Gasteiger partial charge in [0.15, 0.2) is 25.6 Å². The predicted octanol–water partition coefficient (Wildman–Crippen LogP) is 5.13. The SMILES string of the molecule is C=C1CC2C3CC(F)C(=O)C3(C)CCC2C2(C)CCC(=[N+](C)OCCN3CCCCC3)C=C12. The molecule has 4 nitrogen and oxygen atoms in total. The van der Waals surface area contributed by atoms with E-state index >= 15 is 0 Å². The molecular formula is C28H42FN2O2+. The third kappa shape index (κ3) is 3.83. The highest BCUT2D eigenvalue weighted by Crippen LogP contribution is 2.65. The molecule has 3 saturated carbocycles. The first-order valence-corrected chi connectivity index (χ1v) is 13.3. The quantitative estimate of drug-likeness (QED) is 0.433. The highest BCUT2D eigenvalue weighted by Gasteiger charge is 2.62. The van der Waals surface area contributed by atoms with Gasteiger partial charge in [0.1, 0.15) is 0 Å². The number of hydroxylamine groups is 1. The molecule has 4 aliphatic carbocycles. The van der Waals surface area contributed by atoms with Crippen molar-refractivity contribution in [3.63, 3.8) is 0 Å². The first-order valence-electron chi connectivity index (χ1n) is 13.3. The van der Waals surface area contributed by atoms with Gasteiger partial charge in [-0.3, -0.25) is 14.5 Å². The Hall–Kier alpha value is -1.49. The van der Waals surface area contributed by atoms with Crippen molar-refractivity contribution in [1.29, 1.82) is 0 Å². The number of ketones is 1. The number of halogens is 1. The highest BCUT2D eigenvalue weighted by molar-refractivity contribution is 5.94. The minimum atomic E-state index is -1.27. The van der Waals surface area contributed by atoms with Gasteiger partial charge in [-0.05, 0) is 91.5 Å². The van der Waals surface area contributed by atoms with Crippen LogP contribution in [0.1, 0.15) is 71.6 Å². The van der Waals surface area contributed by atoms with Gasteiger partial charge in [0.05, 0.1) is 0 Å². The number of nitrogens with zero attached hydrogens (tertiary/aromatic N) is 2. The zero-order chi connectivity index (χ0) is 23.4. The third-order valence-electron chi connectivity index (χ3n) is 10.2. The summed E-state index contributed by atoms with van der Waals surface area (Å²) in [6.45, 7) is 13.1. The van der Waals surface area contributed by atoms with Crippen LogP contribution >= 0.6 is 0 Å². The lowest BCUT2D eigenvalue weighted by Crippen LogP contribution is -2.51. The number of piperidine rings is 1. The van der Waals surface area contributed by atoms with Crippen LogP contribution in [-0.2, 0) is 9.63 Å². The van der Waals surface area contributed by atoms with Crippen molar-refractivity contribution in [3.05, 3.63) is 23.8 Å². The Kier molecular flexibility index (Phi) is 6.08. The Bertz CT molecular complexity index is 888. The lowest BCUT2D eigenvalue weighted by atomic mass is 9.47. The topological polar surface area (TPSA) is 32.5 Å². The van der Waals surface area contributed by atoms with Crippen molar-refractivity contribution in [2.45, 2.75) is 77.8 Å². The van der Waals surface area contributed by atoms with E-state index in [-0.39, 0.29) is 17.1 Å². The molecule has 0 aromatic rings. The number of hydrogen-bond acceptors (Lipinski definition) is 3. The number of Topliss-reactive ketones (excluding diaryl/α,β-unsaturated/α-hetero) is 1. The first-order chi connectivity index (χ1) is 15.7. The number of likely N-dealkylation sites (tertiary alicyclic amines) is 1. The van der Waals surface area contributed by atoms with Crippen LogP contribution in [-0.4, -0.2) is 60.6 Å². The van der Waals surface area contributed by atoms with Gasteiger partial charge in [-0.1, -0.05) is 32.4 Å². The molecule has 0 spiro atoms. The summed E-state index contributed by atoms with van der Waals surface area (Å²) in [5.41, 5.74) is 3.41. The van der Waals surface area contributed by atoms with E-state index in [9.17, 15) is 9.18 Å². The van der Waals surface area contributed by atoms with E-state index in [4.69, 9.17) is 4.84 Å². The molecule has 0 amide bonds. The van der Waals surface area contributed by atoms with Crippen molar-refractivity contribution in [2.75, 3.05) is 33.3 Å². The molecule has 1 saturated heterocycles. The van der Waals surface area contributed by atoms with Crippen LogP contribution in [0.25, 0.3) is 0 Å². The third-order valence-corrected chi connectivity index (χ3v) is 10.2. The van der Waals surface area contributed by atoms with Crippen LogP contribution in [0.4, 0.5) is 4.39 Å². The summed E-state index contributed by atoms with van der Waals surface area (Å²) in [6, 6.07) is 0. The standard InChI is InChI=1S/C28H42FN2O2/c1-19-16-21-22(9-11-28(3)24(21)18-25(29)26(28)32)27(2)10-8-20(17-23(19)27)30(4)33-15-14-31-12-6-5-7-13-31/h17,21-22,24-25H,1,5-16,18H2,2-4H3/q+1. The smallest absolute Gasteiger partial charge is 0.227 e. The first kappa shape index (κ1) is 23.3. The molecular weight excluding hydrogens is 415 g/mol. The van der Waals surface area contributed by atoms with Crippen molar-refractivity contribution in [2.24, 2.45) is 28.6 Å². The van der Waals surface area contributed by atoms with E-state index in [2.05, 4.69) is 24.5 Å². The zero-order valence-electron chi connectivity index (χ0n) is 20.9. The molecule has 4 fully saturated rings. The molecule has 182 valence electrons. The van der Waals surface area contributed by atoms with Crippen LogP contribution in [0.15, 0.2) is 23.8 Å². The van der Waals surface area contributed by atoms with E-state index < -0.39 is 11.6 Å². The fourth-order valence-corrected chi connectivity index (χ4v) is 8.14. The Labute approximate surface area is 198 Å². The molecule has 6 atom stereocenters. The molecule has 33 heavy (non-hydrogen) atoms. The fraction of sp³-hybridized carbons (Fsp3) is 0.786. The number of allylic oxidation sites excluding steroid dienone is 3. The fourth-order valence-electron chi connectivity index (χ4n) is 8.14. The average molecular weight is 458 g/mol. The molecule has 5 heteroatoms. The molecule has 0 N–H and O–H groups in total. The van der Waals surface area contributed by atoms with Gasteiger partial charge in [0, 0.05) is 24.5 Å². The molecule has 0 aromatic heterocycles. The van der Waals surface area contributed by atoms with E-state index in [1.165, 1.54) is 49.2 Å². The second-order valence-electron chi connectivity index (χ2n) is 11.9. The summed E-state index contributed by atoms with van der Waals surface area (Å²) in [5.74, 6) is 0.922. The molecule has 5 aliphatic rings. The Balaban J connectivity index is 1.32. The Morgan fingerprint density at radius 1 is 1.18 bits per heavy atom. The predicted molar refractivity (Wildman–Crippen MR) is 129 cm³/mol. The maximum absolute atomic E-state index is 14.5. The minimum absolute atomic E-state index is 0.0664. The van der Waals surface area contributed by atoms with Gasteiger partial charge in [-0.2, -0.15) is 0 Å². The van der Waals surface area contributed by atoms with Crippen molar-refractivity contribution >= 4 is 11.5 Å². The Morgan fingerprint density at radius 2 is 1.94 bits per heavy atom. The van der Waals surface area contributed by atoms with Crippen molar-refractivity contribution in [3.8, 4) is 0 Å². The van der Waals surface area contributed by atoms with Gasteiger partial charge in [-0.25, -0.2) is 4.39 Å². The summed E-state index contributed by atoms with van der Waals surface area (Å²) in [5, 5.41) is 0. The van der Waals surface area contributed by atoms with Crippen LogP contribution in [0.5, 0.6) is 0 Å². The molecule has 1 heterocycles. The van der Waals surface area contributed by atoms with Crippen molar-refractivity contribution in [1.82, 2.24) is 4.90 Å². The zero-order valence-corrected chi connectivity index (χ0v) is 20.9. The Morgan fingerprint density at radius 3 is 2.70 bits per heavy atom. The second kappa shape index (κ2) is 8.62. The summed E-state index contributed by atoms with van der Waals surface area (Å²) >= 11 is 0. The largest absolute Gasteiger partial charge is 0.300 e. The second-order valence-corrected chi connectivity index (χ2v) is 11.9. The number of hydrogen-bond donors (Lipinski definition) is 0. The highest BCUT2D eigenvalue weighted by atomic mass is 19.1. The molecule has 5 rings (SSSR count). The molecule has 6 unspecified atom stereocenters. The van der Waals surface area contributed by atoms with Crippen LogP contribution in [0.3, 0.4) is 0 Å². The maximum atomic E-state index is 14.5. The van der Waals surface area contributed by atoms with Gasteiger partial charge in [0.25, 0.3) is 0 Å². The van der Waals surface area contributed by atoms with Gasteiger partial charge >= 0.3 is 0 Å². The molecule has 0 bridgehead atoms. The van der Waals surface area contributed by atoms with E-state index in [1.54, 1.807) is 0 Å². The van der Waals surface area contributed by atoms with Gasteiger partial charge < -0.3 is 0 Å². The van der Waals surface area contributed by atoms with Crippen molar-refractivity contribution < 1.29 is 18.8 Å². The molecule has 0 aromatic carbocycles. The lowest BCUT2D eigenvalue weighted by molar-refractivity contribution is -0.768. The maximum Gasteiger partial charge on any atom is 0.227 e. The number of fused-ring (bicyclic) bond motifs is 5. The lowest BCUT2D eigenvalue weighted by Gasteiger charge is -2.57. The number of rotatable bonds is 4. The van der Waals surface area contributed by atoms with Crippen LogP contribution in [0.2, 0.25) is 0 Å². The summed E-state index contributed by atoms with van der Waals surface area (Å²) in [4.78, 5) is 21.3. The van der Waals surface area contributed by atoms with Crippen LogP contribution < -0.4 is 0 Å². The number of carbonyl (C=O) groups excluding carboxylic acids is 1. The normalized spacial score (nSPS) is 42.8. The summed E-state index contributed by atoms with van der Waals surface area (Å²) in [6.07, 6.45) is 10.3. The van der Waals surface area contributed by atoms with Gasteiger partial charge in [-0.15, -0.1) is 0 Å². The van der Waals surface area contributed by atoms with Crippen LogP contribution in [0, 0.1) is 28.6 Å².